The molecule has 1 aromatic carbocycles. The fraction of sp³-hybridized carbons (Fsp3) is 0.429. The van der Waals surface area contributed by atoms with Gasteiger partial charge in [-0.05, 0) is 19.4 Å². The van der Waals surface area contributed by atoms with E-state index in [1.807, 2.05) is 24.3 Å². The molecule has 6 nitrogen and oxygen atoms in total. The van der Waals surface area contributed by atoms with Crippen molar-refractivity contribution in [1.29, 1.82) is 0 Å². The molecule has 0 bridgehead atoms. The molecule has 0 unspecified atom stereocenters. The molecule has 2 heterocycles. The Morgan fingerprint density at radius 2 is 1.83 bits per heavy atom. The van der Waals surface area contributed by atoms with Crippen LogP contribution in [0.2, 0.25) is 0 Å². The van der Waals surface area contributed by atoms with Gasteiger partial charge in [0.2, 0.25) is 0 Å². The van der Waals surface area contributed by atoms with Crippen molar-refractivity contribution in [3.05, 3.63) is 34.7 Å². The lowest BCUT2D eigenvalue weighted by molar-refractivity contribution is -0.144. The number of hydrogen-bond donors (Lipinski definition) is 1. The van der Waals surface area contributed by atoms with Gasteiger partial charge in [0.15, 0.2) is 0 Å². The monoisotopic (exact) mass is 432 g/mol. The van der Waals surface area contributed by atoms with Gasteiger partial charge in [0.25, 0.3) is 11.8 Å². The molecule has 154 valence electrons. The number of hydrogen-bond acceptors (Lipinski definition) is 5. The van der Waals surface area contributed by atoms with Gasteiger partial charge in [-0.15, -0.1) is 0 Å². The fourth-order valence-electron chi connectivity index (χ4n) is 3.57. The van der Waals surface area contributed by atoms with Crippen LogP contribution in [0, 0.1) is 0 Å². The van der Waals surface area contributed by atoms with Crippen LogP contribution in [0.15, 0.2) is 29.2 Å². The van der Waals surface area contributed by atoms with E-state index in [0.29, 0.717) is 17.7 Å². The number of unbranched alkanes of at least 4 members (excludes halogenated alkanes) is 4. The number of benzene rings is 1. The minimum atomic E-state index is -1.14. The second-order valence-corrected chi connectivity index (χ2v) is 8.79. The van der Waals surface area contributed by atoms with Gasteiger partial charge in [0.05, 0.1) is 16.2 Å². The zero-order valence-electron chi connectivity index (χ0n) is 16.5. The van der Waals surface area contributed by atoms with Crippen molar-refractivity contribution in [2.24, 2.45) is 0 Å². The number of thioether (sulfide) groups is 1. The number of carbonyl (C=O) groups excluding carboxylic acids is 2. The Hall–Kier alpha value is -2.19. The van der Waals surface area contributed by atoms with E-state index in [-0.39, 0.29) is 15.1 Å². The normalized spacial score (nSPS) is 19.9. The molecule has 1 fully saturated rings. The average molecular weight is 433 g/mol. The molecule has 2 aliphatic rings. The summed E-state index contributed by atoms with van der Waals surface area (Å²) in [6.07, 6.45) is 5.42. The zero-order chi connectivity index (χ0) is 21.1. The minimum Gasteiger partial charge on any atom is -0.480 e. The van der Waals surface area contributed by atoms with Crippen molar-refractivity contribution in [1.82, 2.24) is 4.90 Å². The first-order valence-electron chi connectivity index (χ1n) is 9.82. The van der Waals surface area contributed by atoms with E-state index in [4.69, 9.17) is 12.2 Å². The predicted molar refractivity (Wildman–Crippen MR) is 119 cm³/mol. The standard InChI is InChI=1S/C21H24N2O4S2/c1-3-4-5-6-9-12-22-15-11-8-7-10-14(15)16(18(22)24)17-19(25)23(21(28)29-17)13(2)20(26)27/h7-8,10-11,13H,3-6,9,12H2,1-2H3,(H,26,27)/b17-16-/t13-/m1/s1. The Labute approximate surface area is 179 Å². The van der Waals surface area contributed by atoms with E-state index in [1.54, 1.807) is 4.90 Å². The molecule has 1 atom stereocenters. The summed E-state index contributed by atoms with van der Waals surface area (Å²) in [4.78, 5) is 40.6. The lowest BCUT2D eigenvalue weighted by Crippen LogP contribution is -2.41. The quantitative estimate of drug-likeness (QED) is 0.379. The first-order valence-corrected chi connectivity index (χ1v) is 11.0. The van der Waals surface area contributed by atoms with Crippen LogP contribution >= 0.6 is 24.0 Å². The van der Waals surface area contributed by atoms with Gasteiger partial charge in [-0.3, -0.25) is 14.5 Å². The molecule has 0 radical (unpaired) electrons. The Morgan fingerprint density at radius 3 is 2.52 bits per heavy atom. The first kappa shape index (κ1) is 21.5. The summed E-state index contributed by atoms with van der Waals surface area (Å²) in [6.45, 7) is 4.16. The molecule has 3 rings (SSSR count). The SMILES string of the molecule is CCCCCCCN1C(=O)/C(=C2\SC(=S)N([C@H](C)C(=O)O)C2=O)c2ccccc21. The maximum absolute atomic E-state index is 13.3. The van der Waals surface area contributed by atoms with Gasteiger partial charge < -0.3 is 10.0 Å². The Bertz CT molecular complexity index is 896. The number of nitrogens with zero attached hydrogens (tertiary/aromatic N) is 2. The second kappa shape index (κ2) is 9.09. The number of rotatable bonds is 8. The summed E-state index contributed by atoms with van der Waals surface area (Å²) in [6, 6.07) is 6.33. The fourth-order valence-corrected chi connectivity index (χ4v) is 5.06. The Kier molecular flexibility index (Phi) is 6.74. The van der Waals surface area contributed by atoms with Crippen molar-refractivity contribution in [3.8, 4) is 0 Å². The number of para-hydroxylation sites is 1. The molecule has 0 spiro atoms. The number of fused-ring (bicyclic) bond motifs is 1. The van der Waals surface area contributed by atoms with E-state index < -0.39 is 17.9 Å². The van der Waals surface area contributed by atoms with E-state index in [1.165, 1.54) is 13.3 Å². The van der Waals surface area contributed by atoms with Crippen molar-refractivity contribution in [2.75, 3.05) is 11.4 Å². The third-order valence-corrected chi connectivity index (χ3v) is 6.58. The van der Waals surface area contributed by atoms with Crippen molar-refractivity contribution >= 4 is 57.3 Å². The molecular formula is C21H24N2O4S2. The summed E-state index contributed by atoms with van der Waals surface area (Å²) in [7, 11) is 0. The first-order chi connectivity index (χ1) is 13.9. The van der Waals surface area contributed by atoms with Gasteiger partial charge in [-0.2, -0.15) is 0 Å². The summed E-state index contributed by atoms with van der Waals surface area (Å²) in [5, 5.41) is 9.29. The molecule has 29 heavy (non-hydrogen) atoms. The van der Waals surface area contributed by atoms with Crippen molar-refractivity contribution in [3.63, 3.8) is 0 Å². The smallest absolute Gasteiger partial charge is 0.326 e. The number of carboxylic acids is 1. The molecule has 1 N–H and O–H groups in total. The highest BCUT2D eigenvalue weighted by Gasteiger charge is 2.44. The largest absolute Gasteiger partial charge is 0.480 e. The number of thiocarbonyl (C=S) groups is 1. The van der Waals surface area contributed by atoms with Gasteiger partial charge in [0.1, 0.15) is 10.4 Å². The molecule has 1 aromatic rings. The lowest BCUT2D eigenvalue weighted by atomic mass is 10.1. The molecule has 0 aromatic heterocycles. The Balaban J connectivity index is 1.92. The topological polar surface area (TPSA) is 77.9 Å². The van der Waals surface area contributed by atoms with Crippen LogP contribution in [0.4, 0.5) is 5.69 Å². The number of carbonyl (C=O) groups is 3. The predicted octanol–water partition coefficient (Wildman–Crippen LogP) is 4.05. The van der Waals surface area contributed by atoms with Crippen LogP contribution in [0.5, 0.6) is 0 Å². The summed E-state index contributed by atoms with van der Waals surface area (Å²) >= 11 is 6.25. The van der Waals surface area contributed by atoms with E-state index in [2.05, 4.69) is 6.92 Å². The van der Waals surface area contributed by atoms with Crippen LogP contribution in [0.1, 0.15) is 51.5 Å². The van der Waals surface area contributed by atoms with Crippen molar-refractivity contribution < 1.29 is 19.5 Å². The molecule has 2 amide bonds. The second-order valence-electron chi connectivity index (χ2n) is 7.15. The zero-order valence-corrected chi connectivity index (χ0v) is 18.1. The van der Waals surface area contributed by atoms with Gasteiger partial charge in [0, 0.05) is 12.1 Å². The number of anilines is 1. The van der Waals surface area contributed by atoms with Crippen LogP contribution < -0.4 is 4.90 Å². The number of aliphatic carboxylic acids is 1. The van der Waals surface area contributed by atoms with Gasteiger partial charge >= 0.3 is 5.97 Å². The Morgan fingerprint density at radius 1 is 1.14 bits per heavy atom. The summed E-state index contributed by atoms with van der Waals surface area (Å²) in [5.41, 5.74) is 1.82. The van der Waals surface area contributed by atoms with Crippen LogP contribution in [0.3, 0.4) is 0 Å². The highest BCUT2D eigenvalue weighted by Crippen LogP contribution is 2.45. The van der Waals surface area contributed by atoms with E-state index in [9.17, 15) is 19.5 Å². The maximum Gasteiger partial charge on any atom is 0.326 e. The third kappa shape index (κ3) is 4.09. The van der Waals surface area contributed by atoms with E-state index in [0.717, 1.165) is 48.0 Å². The minimum absolute atomic E-state index is 0.163. The highest BCUT2D eigenvalue weighted by atomic mass is 32.2. The van der Waals surface area contributed by atoms with Gasteiger partial charge in [-0.1, -0.05) is 74.8 Å². The molecule has 0 aliphatic carbocycles. The summed E-state index contributed by atoms with van der Waals surface area (Å²) in [5.74, 6) is -1.87. The maximum atomic E-state index is 13.3. The highest BCUT2D eigenvalue weighted by molar-refractivity contribution is 8.26. The number of carboxylic acid groups (broad SMARTS) is 1. The third-order valence-electron chi connectivity index (χ3n) is 5.18. The van der Waals surface area contributed by atoms with Crippen LogP contribution in [-0.4, -0.2) is 44.7 Å². The van der Waals surface area contributed by atoms with Crippen LogP contribution in [0.25, 0.3) is 5.57 Å². The van der Waals surface area contributed by atoms with Crippen molar-refractivity contribution in [2.45, 2.75) is 52.0 Å². The molecular weight excluding hydrogens is 408 g/mol. The van der Waals surface area contributed by atoms with Gasteiger partial charge in [-0.25, -0.2) is 4.79 Å². The van der Waals surface area contributed by atoms with E-state index >= 15 is 0 Å². The molecule has 8 heteroatoms. The lowest BCUT2D eigenvalue weighted by Gasteiger charge is -2.19. The molecule has 0 saturated carbocycles. The average Bonchev–Trinajstić information content (AvgIpc) is 3.13. The molecule has 1 saturated heterocycles. The molecule has 2 aliphatic heterocycles. The summed E-state index contributed by atoms with van der Waals surface area (Å²) < 4.78 is 0.163. The van der Waals surface area contributed by atoms with Crippen LogP contribution in [-0.2, 0) is 14.4 Å². The number of amides is 2.